The summed E-state index contributed by atoms with van der Waals surface area (Å²) in [6.45, 7) is 1.56. The van der Waals surface area contributed by atoms with Crippen molar-refractivity contribution in [2.75, 3.05) is 11.9 Å². The summed E-state index contributed by atoms with van der Waals surface area (Å²) in [6.07, 6.45) is 1.70. The molecule has 0 atom stereocenters. The molecule has 3 heterocycles. The Morgan fingerprint density at radius 1 is 0.943 bits per heavy atom. The van der Waals surface area contributed by atoms with Gasteiger partial charge in [0, 0.05) is 22.9 Å². The van der Waals surface area contributed by atoms with Gasteiger partial charge in [-0.15, -0.1) is 11.8 Å². The van der Waals surface area contributed by atoms with Gasteiger partial charge in [0.05, 0.1) is 22.5 Å². The predicted molar refractivity (Wildman–Crippen MR) is 133 cm³/mol. The summed E-state index contributed by atoms with van der Waals surface area (Å²) in [7, 11) is 0. The molecule has 0 spiro atoms. The molecule has 0 saturated heterocycles. The first-order chi connectivity index (χ1) is 16.9. The number of carbonyl (C=O) groups excluding carboxylic acids is 3. The molecular weight excluding hydrogens is 464 g/mol. The van der Waals surface area contributed by atoms with Crippen molar-refractivity contribution in [2.45, 2.75) is 17.6 Å². The van der Waals surface area contributed by atoms with Gasteiger partial charge in [0.2, 0.25) is 5.91 Å². The molecule has 1 aliphatic heterocycles. The first-order valence-electron chi connectivity index (χ1n) is 10.9. The van der Waals surface area contributed by atoms with Crippen LogP contribution in [0.2, 0.25) is 0 Å². The highest BCUT2D eigenvalue weighted by molar-refractivity contribution is 7.98. The van der Waals surface area contributed by atoms with Crippen LogP contribution in [0.25, 0.3) is 5.65 Å². The Labute approximate surface area is 204 Å². The van der Waals surface area contributed by atoms with Gasteiger partial charge >= 0.3 is 0 Å². The summed E-state index contributed by atoms with van der Waals surface area (Å²) >= 11 is 1.42. The van der Waals surface area contributed by atoms with Gasteiger partial charge in [-0.1, -0.05) is 24.3 Å². The average Bonchev–Trinajstić information content (AvgIpc) is 3.08. The normalized spacial score (nSPS) is 12.8. The maximum atomic E-state index is 12.7. The number of imide groups is 1. The Morgan fingerprint density at radius 3 is 2.37 bits per heavy atom. The van der Waals surface area contributed by atoms with E-state index >= 15 is 0 Å². The fourth-order valence-corrected chi connectivity index (χ4v) is 4.79. The lowest BCUT2D eigenvalue weighted by atomic mass is 10.1. The smallest absolute Gasteiger partial charge is 0.262 e. The molecule has 3 amide bonds. The van der Waals surface area contributed by atoms with Crippen LogP contribution in [0.1, 0.15) is 32.0 Å². The summed E-state index contributed by atoms with van der Waals surface area (Å²) in [6, 6.07) is 18.9. The Bertz CT molecular complexity index is 1530. The van der Waals surface area contributed by atoms with Gasteiger partial charge in [-0.05, 0) is 48.9 Å². The van der Waals surface area contributed by atoms with Crippen LogP contribution in [0.15, 0.2) is 82.6 Å². The number of amides is 3. The number of nitrogens with one attached hydrogen (secondary N) is 1. The van der Waals surface area contributed by atoms with Gasteiger partial charge in [-0.25, -0.2) is 4.98 Å². The van der Waals surface area contributed by atoms with Crippen molar-refractivity contribution in [1.82, 2.24) is 14.3 Å². The molecule has 5 rings (SSSR count). The third-order valence-corrected chi connectivity index (χ3v) is 6.70. The number of aryl methyl sites for hydroxylation is 1. The van der Waals surface area contributed by atoms with E-state index in [1.54, 1.807) is 42.6 Å². The molecule has 0 aliphatic carbocycles. The number of hydrogen-bond donors (Lipinski definition) is 1. The topological polar surface area (TPSA) is 101 Å². The maximum Gasteiger partial charge on any atom is 0.262 e. The summed E-state index contributed by atoms with van der Waals surface area (Å²) in [4.78, 5) is 56.6. The largest absolute Gasteiger partial charge is 0.324 e. The number of rotatable bonds is 6. The van der Waals surface area contributed by atoms with E-state index < -0.39 is 17.7 Å². The van der Waals surface area contributed by atoms with Crippen molar-refractivity contribution < 1.29 is 14.4 Å². The number of para-hydroxylation sites is 1. The number of thioether (sulfide) groups is 1. The first kappa shape index (κ1) is 22.5. The SMILES string of the molecule is Cc1ccn2c(=O)cc(CSc3ccccc3NC(=O)CN3C(=O)c4ccccc4C3=O)nc2c1. The van der Waals surface area contributed by atoms with Crippen molar-refractivity contribution in [3.8, 4) is 0 Å². The van der Waals surface area contributed by atoms with E-state index in [0.717, 1.165) is 15.4 Å². The molecule has 4 aromatic rings. The molecule has 0 saturated carbocycles. The van der Waals surface area contributed by atoms with Crippen LogP contribution in [0, 0.1) is 6.92 Å². The van der Waals surface area contributed by atoms with Crippen molar-refractivity contribution in [2.24, 2.45) is 0 Å². The van der Waals surface area contributed by atoms with E-state index in [4.69, 9.17) is 0 Å². The minimum atomic E-state index is -0.481. The molecule has 1 N–H and O–H groups in total. The molecule has 2 aromatic carbocycles. The Hall–Kier alpha value is -4.24. The van der Waals surface area contributed by atoms with E-state index in [0.29, 0.717) is 33.9 Å². The van der Waals surface area contributed by atoms with Crippen LogP contribution in [-0.2, 0) is 10.5 Å². The van der Waals surface area contributed by atoms with E-state index in [9.17, 15) is 19.2 Å². The van der Waals surface area contributed by atoms with E-state index in [1.807, 2.05) is 31.2 Å². The summed E-state index contributed by atoms with van der Waals surface area (Å²) in [5, 5.41) is 2.80. The van der Waals surface area contributed by atoms with Crippen LogP contribution in [0.5, 0.6) is 0 Å². The average molecular weight is 485 g/mol. The van der Waals surface area contributed by atoms with Gasteiger partial charge < -0.3 is 5.32 Å². The van der Waals surface area contributed by atoms with Crippen LogP contribution >= 0.6 is 11.8 Å². The standard InChI is InChI=1S/C26H20N4O4S/c1-16-10-11-29-22(12-16)27-17(13-24(29)32)15-35-21-9-5-4-8-20(21)28-23(31)14-30-25(33)18-6-2-3-7-19(18)26(30)34/h2-13H,14-15H2,1H3,(H,28,31). The minimum Gasteiger partial charge on any atom is -0.324 e. The van der Waals surface area contributed by atoms with Crippen LogP contribution < -0.4 is 10.9 Å². The highest BCUT2D eigenvalue weighted by Gasteiger charge is 2.36. The second-order valence-electron chi connectivity index (χ2n) is 8.09. The van der Waals surface area contributed by atoms with Gasteiger partial charge in [-0.2, -0.15) is 0 Å². The third kappa shape index (κ3) is 4.45. The molecule has 174 valence electrons. The van der Waals surface area contributed by atoms with Crippen LogP contribution in [0.4, 0.5) is 5.69 Å². The fraction of sp³-hybridized carbons (Fsp3) is 0.115. The lowest BCUT2D eigenvalue weighted by molar-refractivity contribution is -0.116. The zero-order chi connectivity index (χ0) is 24.5. The number of anilines is 1. The summed E-state index contributed by atoms with van der Waals surface area (Å²) in [5.41, 5.74) is 3.20. The molecular formula is C26H20N4O4S. The molecule has 0 radical (unpaired) electrons. The summed E-state index contributed by atoms with van der Waals surface area (Å²) in [5.74, 6) is -1.02. The van der Waals surface area contributed by atoms with Crippen molar-refractivity contribution in [1.29, 1.82) is 0 Å². The second kappa shape index (κ2) is 9.19. The molecule has 0 fully saturated rings. The highest BCUT2D eigenvalue weighted by atomic mass is 32.2. The number of nitrogens with zero attached hydrogens (tertiary/aromatic N) is 3. The third-order valence-electron chi connectivity index (χ3n) is 5.59. The monoisotopic (exact) mass is 484 g/mol. The minimum absolute atomic E-state index is 0.159. The number of aromatic nitrogens is 2. The van der Waals surface area contributed by atoms with Gasteiger partial charge in [-0.3, -0.25) is 28.5 Å². The second-order valence-corrected chi connectivity index (χ2v) is 9.11. The molecule has 8 nitrogen and oxygen atoms in total. The molecule has 0 bridgehead atoms. The Kier molecular flexibility index (Phi) is 5.92. The van der Waals surface area contributed by atoms with E-state index in [2.05, 4.69) is 10.3 Å². The molecule has 0 unspecified atom stereocenters. The highest BCUT2D eigenvalue weighted by Crippen LogP contribution is 2.30. The summed E-state index contributed by atoms with van der Waals surface area (Å²) < 4.78 is 1.49. The Balaban J connectivity index is 1.29. The fourth-order valence-electron chi connectivity index (χ4n) is 3.89. The lowest BCUT2D eigenvalue weighted by Crippen LogP contribution is -2.37. The van der Waals surface area contributed by atoms with Gasteiger partial charge in [0.1, 0.15) is 12.2 Å². The number of fused-ring (bicyclic) bond motifs is 2. The number of benzene rings is 2. The molecule has 35 heavy (non-hydrogen) atoms. The van der Waals surface area contributed by atoms with Gasteiger partial charge in [0.15, 0.2) is 0 Å². The number of pyridine rings is 1. The van der Waals surface area contributed by atoms with Crippen molar-refractivity contribution >= 4 is 40.8 Å². The van der Waals surface area contributed by atoms with Crippen LogP contribution in [-0.4, -0.2) is 38.6 Å². The van der Waals surface area contributed by atoms with Crippen molar-refractivity contribution in [3.63, 3.8) is 0 Å². The molecule has 2 aromatic heterocycles. The molecule has 9 heteroatoms. The molecule has 1 aliphatic rings. The number of hydrogen-bond acceptors (Lipinski definition) is 6. The van der Waals surface area contributed by atoms with Crippen molar-refractivity contribution in [3.05, 3.63) is 106 Å². The lowest BCUT2D eigenvalue weighted by Gasteiger charge is -2.15. The van der Waals surface area contributed by atoms with E-state index in [-0.39, 0.29) is 12.1 Å². The first-order valence-corrected chi connectivity index (χ1v) is 11.8. The number of carbonyl (C=O) groups is 3. The zero-order valence-electron chi connectivity index (χ0n) is 18.7. The van der Waals surface area contributed by atoms with E-state index in [1.165, 1.54) is 22.2 Å². The maximum absolute atomic E-state index is 12.7. The Morgan fingerprint density at radius 2 is 1.63 bits per heavy atom. The predicted octanol–water partition coefficient (Wildman–Crippen LogP) is 3.53. The zero-order valence-corrected chi connectivity index (χ0v) is 19.5. The quantitative estimate of drug-likeness (QED) is 0.332. The van der Waals surface area contributed by atoms with Gasteiger partial charge in [0.25, 0.3) is 17.4 Å². The van der Waals surface area contributed by atoms with Crippen LogP contribution in [0.3, 0.4) is 0 Å².